The van der Waals surface area contributed by atoms with Crippen LogP contribution in [0.2, 0.25) is 5.02 Å². The van der Waals surface area contributed by atoms with Crippen LogP contribution in [0.3, 0.4) is 0 Å². The van der Waals surface area contributed by atoms with E-state index < -0.39 is 0 Å². The summed E-state index contributed by atoms with van der Waals surface area (Å²) < 4.78 is 14.3. The SMILES string of the molecule is NNC(CSc1ccc(Br)cc1)Cc1cc(F)ccc1Cl. The van der Waals surface area contributed by atoms with E-state index in [9.17, 15) is 4.39 Å². The van der Waals surface area contributed by atoms with Crippen LogP contribution >= 0.6 is 39.3 Å². The highest BCUT2D eigenvalue weighted by Crippen LogP contribution is 2.24. The molecule has 0 aliphatic carbocycles. The zero-order valence-electron chi connectivity index (χ0n) is 11.2. The quantitative estimate of drug-likeness (QED) is 0.437. The van der Waals surface area contributed by atoms with E-state index in [4.69, 9.17) is 17.4 Å². The molecule has 0 radical (unpaired) electrons. The average molecular weight is 390 g/mol. The number of rotatable bonds is 6. The summed E-state index contributed by atoms with van der Waals surface area (Å²) in [5.41, 5.74) is 3.53. The zero-order valence-corrected chi connectivity index (χ0v) is 14.3. The molecule has 0 saturated carbocycles. The van der Waals surface area contributed by atoms with Gasteiger partial charge in [-0.25, -0.2) is 4.39 Å². The first-order valence-corrected chi connectivity index (χ1v) is 8.52. The number of hydrogen-bond donors (Lipinski definition) is 2. The van der Waals surface area contributed by atoms with E-state index in [1.165, 1.54) is 12.1 Å². The smallest absolute Gasteiger partial charge is 0.123 e. The summed E-state index contributed by atoms with van der Waals surface area (Å²) in [7, 11) is 0. The van der Waals surface area contributed by atoms with Gasteiger partial charge in [-0.15, -0.1) is 11.8 Å². The maximum absolute atomic E-state index is 13.3. The molecule has 0 aliphatic rings. The number of nitrogens with one attached hydrogen (secondary N) is 1. The predicted octanol–water partition coefficient (Wildman–Crippen LogP) is 4.41. The van der Waals surface area contributed by atoms with Gasteiger partial charge in [0, 0.05) is 26.2 Å². The van der Waals surface area contributed by atoms with Gasteiger partial charge in [0.25, 0.3) is 0 Å². The fourth-order valence-electron chi connectivity index (χ4n) is 1.86. The standard InChI is InChI=1S/C15H15BrClFN2S/c16-11-1-4-14(5-2-11)21-9-13(20-19)8-10-7-12(18)3-6-15(10)17/h1-7,13,20H,8-9,19H2. The molecule has 3 N–H and O–H groups in total. The van der Waals surface area contributed by atoms with Crippen LogP contribution in [0.4, 0.5) is 4.39 Å². The Labute approximate surface area is 141 Å². The molecule has 2 nitrogen and oxygen atoms in total. The van der Waals surface area contributed by atoms with E-state index in [-0.39, 0.29) is 11.9 Å². The number of benzene rings is 2. The third-order valence-electron chi connectivity index (χ3n) is 2.97. The first kappa shape index (κ1) is 16.8. The molecule has 112 valence electrons. The molecule has 1 atom stereocenters. The molecule has 6 heteroatoms. The second kappa shape index (κ2) is 8.15. The Balaban J connectivity index is 1.96. The molecular formula is C15H15BrClFN2S. The van der Waals surface area contributed by atoms with E-state index in [2.05, 4.69) is 21.4 Å². The van der Waals surface area contributed by atoms with E-state index in [1.807, 2.05) is 24.3 Å². The zero-order chi connectivity index (χ0) is 15.2. The molecule has 0 amide bonds. The van der Waals surface area contributed by atoms with Crippen LogP contribution in [0.5, 0.6) is 0 Å². The third kappa shape index (κ3) is 5.27. The molecule has 0 spiro atoms. The van der Waals surface area contributed by atoms with Gasteiger partial charge in [-0.2, -0.15) is 0 Å². The predicted molar refractivity (Wildman–Crippen MR) is 91.1 cm³/mol. The molecule has 0 saturated heterocycles. The van der Waals surface area contributed by atoms with Crippen LogP contribution in [0.1, 0.15) is 5.56 Å². The highest BCUT2D eigenvalue weighted by molar-refractivity contribution is 9.10. The van der Waals surface area contributed by atoms with Gasteiger partial charge in [0.05, 0.1) is 0 Å². The monoisotopic (exact) mass is 388 g/mol. The fourth-order valence-corrected chi connectivity index (χ4v) is 3.25. The summed E-state index contributed by atoms with van der Waals surface area (Å²) in [6, 6.07) is 12.5. The Bertz CT molecular complexity index is 595. The van der Waals surface area contributed by atoms with Crippen molar-refractivity contribution in [2.45, 2.75) is 17.4 Å². The van der Waals surface area contributed by atoms with Gasteiger partial charge >= 0.3 is 0 Å². The largest absolute Gasteiger partial charge is 0.271 e. The minimum atomic E-state index is -0.286. The molecule has 1 unspecified atom stereocenters. The van der Waals surface area contributed by atoms with E-state index in [0.29, 0.717) is 11.4 Å². The molecular weight excluding hydrogens is 375 g/mol. The molecule has 0 bridgehead atoms. The van der Waals surface area contributed by atoms with Crippen molar-refractivity contribution in [2.75, 3.05) is 5.75 Å². The van der Waals surface area contributed by atoms with Gasteiger partial charge in [0.1, 0.15) is 5.82 Å². The second-order valence-electron chi connectivity index (χ2n) is 4.57. The van der Waals surface area contributed by atoms with Crippen molar-refractivity contribution in [3.05, 3.63) is 63.3 Å². The Morgan fingerprint density at radius 3 is 2.62 bits per heavy atom. The molecule has 2 aromatic rings. The normalized spacial score (nSPS) is 12.4. The maximum atomic E-state index is 13.3. The van der Waals surface area contributed by atoms with Gasteiger partial charge in [0.2, 0.25) is 0 Å². The second-order valence-corrected chi connectivity index (χ2v) is 6.98. The van der Waals surface area contributed by atoms with E-state index in [0.717, 1.165) is 20.7 Å². The van der Waals surface area contributed by atoms with Crippen LogP contribution in [0.15, 0.2) is 51.8 Å². The molecule has 2 rings (SSSR count). The molecule has 0 heterocycles. The van der Waals surface area contributed by atoms with Crippen molar-refractivity contribution < 1.29 is 4.39 Å². The Morgan fingerprint density at radius 1 is 1.24 bits per heavy atom. The van der Waals surface area contributed by atoms with Crippen LogP contribution in [-0.4, -0.2) is 11.8 Å². The Kier molecular flexibility index (Phi) is 6.51. The third-order valence-corrected chi connectivity index (χ3v) is 5.05. The Hall–Kier alpha value is -0.590. The molecule has 0 fully saturated rings. The van der Waals surface area contributed by atoms with Gasteiger partial charge in [0.15, 0.2) is 0 Å². The van der Waals surface area contributed by atoms with Gasteiger partial charge < -0.3 is 0 Å². The highest BCUT2D eigenvalue weighted by Gasteiger charge is 2.12. The van der Waals surface area contributed by atoms with Crippen LogP contribution in [-0.2, 0) is 6.42 Å². The fraction of sp³-hybridized carbons (Fsp3) is 0.200. The number of halogens is 3. The summed E-state index contributed by atoms with van der Waals surface area (Å²) >= 11 is 11.2. The maximum Gasteiger partial charge on any atom is 0.123 e. The number of hydrogen-bond acceptors (Lipinski definition) is 3. The topological polar surface area (TPSA) is 38.0 Å². The van der Waals surface area contributed by atoms with E-state index in [1.54, 1.807) is 17.8 Å². The molecule has 2 aromatic carbocycles. The van der Waals surface area contributed by atoms with Crippen molar-refractivity contribution in [1.82, 2.24) is 5.43 Å². The van der Waals surface area contributed by atoms with Gasteiger partial charge in [-0.1, -0.05) is 27.5 Å². The summed E-state index contributed by atoms with van der Waals surface area (Å²) in [4.78, 5) is 1.16. The lowest BCUT2D eigenvalue weighted by Crippen LogP contribution is -2.38. The lowest BCUT2D eigenvalue weighted by molar-refractivity contribution is 0.570. The highest BCUT2D eigenvalue weighted by atomic mass is 79.9. The summed E-state index contributed by atoms with van der Waals surface area (Å²) in [6.07, 6.45) is 0.580. The van der Waals surface area contributed by atoms with Gasteiger partial charge in [-0.05, 0) is 54.4 Å². The van der Waals surface area contributed by atoms with Crippen LogP contribution in [0, 0.1) is 5.82 Å². The molecule has 0 aromatic heterocycles. The van der Waals surface area contributed by atoms with Crippen molar-refractivity contribution in [2.24, 2.45) is 5.84 Å². The average Bonchev–Trinajstić information content (AvgIpc) is 2.48. The van der Waals surface area contributed by atoms with Crippen LogP contribution < -0.4 is 11.3 Å². The first-order chi connectivity index (χ1) is 10.1. The van der Waals surface area contributed by atoms with Crippen molar-refractivity contribution in [3.8, 4) is 0 Å². The van der Waals surface area contributed by atoms with Crippen LogP contribution in [0.25, 0.3) is 0 Å². The minimum Gasteiger partial charge on any atom is -0.271 e. The number of thioether (sulfide) groups is 1. The first-order valence-electron chi connectivity index (χ1n) is 6.37. The summed E-state index contributed by atoms with van der Waals surface area (Å²) in [5.74, 6) is 6.07. The molecule has 21 heavy (non-hydrogen) atoms. The number of hydrazine groups is 1. The Morgan fingerprint density at radius 2 is 1.95 bits per heavy atom. The van der Waals surface area contributed by atoms with E-state index >= 15 is 0 Å². The summed E-state index contributed by atoms with van der Waals surface area (Å²) in [6.45, 7) is 0. The minimum absolute atomic E-state index is 0.0120. The van der Waals surface area contributed by atoms with Gasteiger partial charge in [-0.3, -0.25) is 11.3 Å². The van der Waals surface area contributed by atoms with Crippen molar-refractivity contribution in [1.29, 1.82) is 0 Å². The van der Waals surface area contributed by atoms with Crippen molar-refractivity contribution in [3.63, 3.8) is 0 Å². The molecule has 0 aliphatic heterocycles. The summed E-state index contributed by atoms with van der Waals surface area (Å²) in [5, 5.41) is 0.560. The van der Waals surface area contributed by atoms with Crippen molar-refractivity contribution >= 4 is 39.3 Å². The lowest BCUT2D eigenvalue weighted by atomic mass is 10.1. The number of nitrogens with two attached hydrogens (primary N) is 1. The lowest BCUT2D eigenvalue weighted by Gasteiger charge is -2.16.